The minimum atomic E-state index is -2.77. The van der Waals surface area contributed by atoms with Crippen LogP contribution in [0.2, 0.25) is 5.04 Å². The predicted octanol–water partition coefficient (Wildman–Crippen LogP) is 5.84. The van der Waals surface area contributed by atoms with Crippen LogP contribution in [-0.4, -0.2) is 32.0 Å². The summed E-state index contributed by atoms with van der Waals surface area (Å²) in [6.45, 7) is 15.2. The summed E-state index contributed by atoms with van der Waals surface area (Å²) in [5.41, 5.74) is 0.623. The highest BCUT2D eigenvalue weighted by molar-refractivity contribution is 6.99. The zero-order chi connectivity index (χ0) is 27.1. The second-order valence-corrected chi connectivity index (χ2v) is 16.0. The number of rotatable bonds is 10. The third-order valence-corrected chi connectivity index (χ3v) is 11.7. The minimum absolute atomic E-state index is 0.153. The number of carbonyl (C=O) groups excluding carboxylic acids is 1. The molecule has 0 aliphatic rings. The van der Waals surface area contributed by atoms with Crippen molar-refractivity contribution in [1.82, 2.24) is 5.32 Å². The summed E-state index contributed by atoms with van der Waals surface area (Å²) in [5.74, 6) is -0.226. The first-order valence-corrected chi connectivity index (χ1v) is 15.1. The van der Waals surface area contributed by atoms with Crippen LogP contribution in [0, 0.1) is 0 Å². The molecule has 5 heteroatoms. The first kappa shape index (κ1) is 28.8. The average molecular weight is 518 g/mol. The lowest BCUT2D eigenvalue weighted by atomic mass is 10.1. The molecule has 1 N–H and O–H groups in total. The van der Waals surface area contributed by atoms with Gasteiger partial charge in [-0.05, 0) is 48.7 Å². The SMILES string of the molecule is C[C@H](O[Si](c1ccccc1)(c1ccccc1)C(C)(C)C)[C@H](CC(=O)OC(C)(C)C)NCc1ccccc1. The summed E-state index contributed by atoms with van der Waals surface area (Å²) in [6, 6.07) is 31.2. The highest BCUT2D eigenvalue weighted by atomic mass is 28.4. The van der Waals surface area contributed by atoms with Gasteiger partial charge in [-0.1, -0.05) is 112 Å². The van der Waals surface area contributed by atoms with Crippen LogP contribution in [0.15, 0.2) is 91.0 Å². The predicted molar refractivity (Wildman–Crippen MR) is 156 cm³/mol. The third-order valence-electron chi connectivity index (χ3n) is 6.56. The van der Waals surface area contributed by atoms with Gasteiger partial charge in [0.15, 0.2) is 0 Å². The molecule has 0 saturated carbocycles. The van der Waals surface area contributed by atoms with Crippen molar-refractivity contribution >= 4 is 24.7 Å². The van der Waals surface area contributed by atoms with Gasteiger partial charge in [0.2, 0.25) is 0 Å². The van der Waals surface area contributed by atoms with E-state index < -0.39 is 13.9 Å². The van der Waals surface area contributed by atoms with E-state index in [-0.39, 0.29) is 29.6 Å². The summed E-state index contributed by atoms with van der Waals surface area (Å²) < 4.78 is 13.0. The van der Waals surface area contributed by atoms with Crippen molar-refractivity contribution in [1.29, 1.82) is 0 Å². The van der Waals surface area contributed by atoms with Crippen molar-refractivity contribution in [3.63, 3.8) is 0 Å². The van der Waals surface area contributed by atoms with Gasteiger partial charge >= 0.3 is 5.97 Å². The molecule has 198 valence electrons. The van der Waals surface area contributed by atoms with Gasteiger partial charge in [-0.3, -0.25) is 4.79 Å². The standard InChI is InChI=1S/C32H43NO3Si/c1-25(29(23-30(34)35-31(2,3)4)33-24-26-17-11-8-12-18-26)36-37(32(5,6)7,27-19-13-9-14-20-27)28-21-15-10-16-22-28/h8-22,25,29,33H,23-24H2,1-7H3/t25-,29-/m0/s1. The van der Waals surface area contributed by atoms with Crippen molar-refractivity contribution < 1.29 is 14.0 Å². The van der Waals surface area contributed by atoms with Crippen LogP contribution >= 0.6 is 0 Å². The molecular weight excluding hydrogens is 474 g/mol. The fourth-order valence-corrected chi connectivity index (χ4v) is 9.60. The number of carbonyl (C=O) groups is 1. The highest BCUT2D eigenvalue weighted by Crippen LogP contribution is 2.38. The number of nitrogens with one attached hydrogen (secondary N) is 1. The largest absolute Gasteiger partial charge is 0.460 e. The lowest BCUT2D eigenvalue weighted by Gasteiger charge is -2.46. The molecule has 0 unspecified atom stereocenters. The van der Waals surface area contributed by atoms with Crippen molar-refractivity contribution in [2.45, 2.75) is 84.2 Å². The quantitative estimate of drug-likeness (QED) is 0.271. The average Bonchev–Trinajstić information content (AvgIpc) is 2.84. The third kappa shape index (κ3) is 7.63. The molecular formula is C32H43NO3Si. The van der Waals surface area contributed by atoms with E-state index in [0.717, 1.165) is 5.56 Å². The molecule has 0 aliphatic carbocycles. The van der Waals surface area contributed by atoms with E-state index in [0.29, 0.717) is 6.54 Å². The van der Waals surface area contributed by atoms with Crippen LogP contribution < -0.4 is 15.7 Å². The first-order chi connectivity index (χ1) is 17.4. The monoisotopic (exact) mass is 517 g/mol. The Morgan fingerprint density at radius 1 is 0.784 bits per heavy atom. The van der Waals surface area contributed by atoms with E-state index in [1.807, 2.05) is 51.1 Å². The molecule has 0 spiro atoms. The second-order valence-electron chi connectivity index (χ2n) is 11.7. The number of hydrogen-bond acceptors (Lipinski definition) is 4. The molecule has 0 aromatic heterocycles. The van der Waals surface area contributed by atoms with Gasteiger partial charge in [-0.2, -0.15) is 0 Å². The maximum absolute atomic E-state index is 13.0. The summed E-state index contributed by atoms with van der Waals surface area (Å²) in [7, 11) is -2.77. The van der Waals surface area contributed by atoms with Crippen molar-refractivity contribution in [2.24, 2.45) is 0 Å². The molecule has 0 fully saturated rings. The number of esters is 1. The van der Waals surface area contributed by atoms with Crippen LogP contribution in [0.1, 0.15) is 60.5 Å². The molecule has 3 rings (SSSR count). The fraction of sp³-hybridized carbons (Fsp3) is 0.406. The summed E-state index contributed by atoms with van der Waals surface area (Å²) >= 11 is 0. The lowest BCUT2D eigenvalue weighted by Crippen LogP contribution is -2.68. The number of benzene rings is 3. The van der Waals surface area contributed by atoms with Gasteiger partial charge in [-0.15, -0.1) is 0 Å². The van der Waals surface area contributed by atoms with E-state index in [2.05, 4.69) is 93.7 Å². The zero-order valence-corrected chi connectivity index (χ0v) is 24.5. The molecule has 3 aromatic carbocycles. The topological polar surface area (TPSA) is 47.6 Å². The summed E-state index contributed by atoms with van der Waals surface area (Å²) in [4.78, 5) is 13.0. The normalized spacial score (nSPS) is 14.1. The number of ether oxygens (including phenoxy) is 1. The molecule has 2 atom stereocenters. The minimum Gasteiger partial charge on any atom is -0.460 e. The smallest absolute Gasteiger partial charge is 0.307 e. The number of hydrogen-bond donors (Lipinski definition) is 1. The summed E-state index contributed by atoms with van der Waals surface area (Å²) in [6.07, 6.45) is -0.0220. The fourth-order valence-electron chi connectivity index (χ4n) is 4.86. The molecule has 0 amide bonds. The molecule has 0 heterocycles. The van der Waals surface area contributed by atoms with Gasteiger partial charge in [0.25, 0.3) is 8.32 Å². The van der Waals surface area contributed by atoms with Crippen LogP contribution in [0.5, 0.6) is 0 Å². The second kappa shape index (κ2) is 12.2. The van der Waals surface area contributed by atoms with E-state index in [9.17, 15) is 4.79 Å². The van der Waals surface area contributed by atoms with Crippen LogP contribution in [0.25, 0.3) is 0 Å². The van der Waals surface area contributed by atoms with E-state index in [1.54, 1.807) is 0 Å². The summed E-state index contributed by atoms with van der Waals surface area (Å²) in [5, 5.41) is 5.92. The Morgan fingerprint density at radius 2 is 1.24 bits per heavy atom. The molecule has 0 aliphatic heterocycles. The Labute approximate surface area is 224 Å². The van der Waals surface area contributed by atoms with Crippen molar-refractivity contribution in [3.8, 4) is 0 Å². The molecule has 3 aromatic rings. The molecule has 4 nitrogen and oxygen atoms in total. The Morgan fingerprint density at radius 3 is 1.68 bits per heavy atom. The Balaban J connectivity index is 2.00. The Hall–Kier alpha value is -2.73. The lowest BCUT2D eigenvalue weighted by molar-refractivity contribution is -0.156. The molecule has 0 radical (unpaired) electrons. The first-order valence-electron chi connectivity index (χ1n) is 13.2. The van der Waals surface area contributed by atoms with Gasteiger partial charge in [0.05, 0.1) is 12.5 Å². The molecule has 0 saturated heterocycles. The highest BCUT2D eigenvalue weighted by Gasteiger charge is 2.51. The maximum Gasteiger partial charge on any atom is 0.307 e. The van der Waals surface area contributed by atoms with Crippen LogP contribution in [0.3, 0.4) is 0 Å². The van der Waals surface area contributed by atoms with E-state index >= 15 is 0 Å². The van der Waals surface area contributed by atoms with Gasteiger partial charge in [-0.25, -0.2) is 0 Å². The Bertz CT molecular complexity index is 1070. The van der Waals surface area contributed by atoms with Gasteiger partial charge < -0.3 is 14.5 Å². The van der Waals surface area contributed by atoms with Crippen molar-refractivity contribution in [2.75, 3.05) is 0 Å². The van der Waals surface area contributed by atoms with Crippen LogP contribution in [-0.2, 0) is 20.5 Å². The van der Waals surface area contributed by atoms with Crippen LogP contribution in [0.4, 0.5) is 0 Å². The van der Waals surface area contributed by atoms with E-state index in [1.165, 1.54) is 10.4 Å². The maximum atomic E-state index is 13.0. The molecule has 37 heavy (non-hydrogen) atoms. The van der Waals surface area contributed by atoms with Gasteiger partial charge in [0, 0.05) is 12.6 Å². The molecule has 0 bridgehead atoms. The zero-order valence-electron chi connectivity index (χ0n) is 23.5. The van der Waals surface area contributed by atoms with Crippen molar-refractivity contribution in [3.05, 3.63) is 96.6 Å². The Kier molecular flexibility index (Phi) is 9.51. The van der Waals surface area contributed by atoms with E-state index in [4.69, 9.17) is 9.16 Å². The van der Waals surface area contributed by atoms with Gasteiger partial charge in [0.1, 0.15) is 5.60 Å².